The first-order valence-corrected chi connectivity index (χ1v) is 19.3. The molecule has 3 heterocycles. The van der Waals surface area contributed by atoms with E-state index in [1.54, 1.807) is 0 Å². The van der Waals surface area contributed by atoms with Gasteiger partial charge in [0.2, 0.25) is 0 Å². The molecule has 0 spiro atoms. The third-order valence-corrected chi connectivity index (χ3v) is 11.0. The Morgan fingerprint density at radius 2 is 0.825 bits per heavy atom. The summed E-state index contributed by atoms with van der Waals surface area (Å²) in [6.45, 7) is 0. The molecule has 3 aromatic heterocycles. The van der Waals surface area contributed by atoms with Crippen molar-refractivity contribution in [2.75, 3.05) is 0 Å². The van der Waals surface area contributed by atoms with Gasteiger partial charge in [0.15, 0.2) is 5.82 Å². The number of aromatic nitrogens is 4. The zero-order valence-corrected chi connectivity index (χ0v) is 30.9. The molecule has 0 aliphatic carbocycles. The van der Waals surface area contributed by atoms with Gasteiger partial charge in [-0.25, -0.2) is 15.0 Å². The fourth-order valence-corrected chi connectivity index (χ4v) is 8.35. The second-order valence-corrected chi connectivity index (χ2v) is 14.4. The summed E-state index contributed by atoms with van der Waals surface area (Å²) in [5.74, 6) is 0.679. The highest BCUT2D eigenvalue weighted by molar-refractivity contribution is 6.16. The van der Waals surface area contributed by atoms with E-state index in [1.807, 2.05) is 12.1 Å². The number of fused-ring (bicyclic) bond motifs is 6. The number of benzene rings is 8. The lowest BCUT2D eigenvalue weighted by Crippen LogP contribution is -1.98. The molecule has 0 aliphatic heterocycles. The lowest BCUT2D eigenvalue weighted by atomic mass is 9.93. The number of hydrogen-bond donors (Lipinski definition) is 0. The van der Waals surface area contributed by atoms with E-state index in [2.05, 4.69) is 199 Å². The van der Waals surface area contributed by atoms with Crippen LogP contribution < -0.4 is 0 Å². The molecule has 0 aliphatic rings. The van der Waals surface area contributed by atoms with Crippen LogP contribution >= 0.6 is 0 Å². The van der Waals surface area contributed by atoms with E-state index in [0.29, 0.717) is 5.82 Å². The van der Waals surface area contributed by atoms with Crippen molar-refractivity contribution in [3.63, 3.8) is 0 Å². The summed E-state index contributed by atoms with van der Waals surface area (Å²) in [4.78, 5) is 15.8. The molecule has 4 nitrogen and oxygen atoms in total. The maximum atomic E-state index is 5.32. The number of rotatable bonds is 6. The van der Waals surface area contributed by atoms with Gasteiger partial charge in [-0.05, 0) is 64.4 Å². The van der Waals surface area contributed by atoms with Gasteiger partial charge in [0.1, 0.15) is 0 Å². The van der Waals surface area contributed by atoms with Gasteiger partial charge in [0, 0.05) is 44.1 Å². The monoisotopic (exact) mass is 726 g/mol. The first kappa shape index (κ1) is 32.7. The van der Waals surface area contributed by atoms with E-state index < -0.39 is 0 Å². The second-order valence-electron chi connectivity index (χ2n) is 14.4. The number of nitrogens with zero attached hydrogens (tertiary/aromatic N) is 4. The molecule has 8 aromatic carbocycles. The minimum Gasteiger partial charge on any atom is -0.309 e. The fourth-order valence-electron chi connectivity index (χ4n) is 8.35. The van der Waals surface area contributed by atoms with E-state index >= 15 is 0 Å². The van der Waals surface area contributed by atoms with Crippen LogP contribution in [0.25, 0.3) is 105 Å². The molecule has 0 fully saturated rings. The van der Waals surface area contributed by atoms with Gasteiger partial charge in [-0.15, -0.1) is 0 Å². The third kappa shape index (κ3) is 5.66. The summed E-state index contributed by atoms with van der Waals surface area (Å²) in [6.07, 6.45) is 0. The van der Waals surface area contributed by atoms with Crippen molar-refractivity contribution in [3.05, 3.63) is 206 Å². The van der Waals surface area contributed by atoms with Crippen LogP contribution in [-0.2, 0) is 0 Å². The molecule has 0 atom stereocenters. The number of hydrogen-bond acceptors (Lipinski definition) is 3. The van der Waals surface area contributed by atoms with E-state index in [0.717, 1.165) is 77.8 Å². The van der Waals surface area contributed by atoms with Crippen molar-refractivity contribution in [1.82, 2.24) is 19.5 Å². The van der Waals surface area contributed by atoms with Crippen molar-refractivity contribution < 1.29 is 0 Å². The largest absolute Gasteiger partial charge is 0.309 e. The van der Waals surface area contributed by atoms with E-state index in [4.69, 9.17) is 15.0 Å². The SMILES string of the molecule is c1ccc(-c2cc(-c3ccc(-n4c5ccccc5c5ccccc54)cc3)nc(-c3cccc4c3ccc3nc(-c5ccccc5)cc(-c5ccccc5)c34)n2)cc1. The highest BCUT2D eigenvalue weighted by atomic mass is 15.0. The van der Waals surface area contributed by atoms with E-state index in [1.165, 1.54) is 21.8 Å². The van der Waals surface area contributed by atoms with Crippen molar-refractivity contribution >= 4 is 43.5 Å². The lowest BCUT2D eigenvalue weighted by Gasteiger charge is -2.15. The standard InChI is InChI=1S/C53H34N4/c1-4-15-35(16-5-1)45-33-47(36-17-6-2-7-18-36)54-46-32-31-40-43(52(45)46)23-14-24-44(40)53-55-48(37-19-8-3-9-20-37)34-49(56-53)38-27-29-39(30-28-38)57-50-25-12-10-21-41(50)42-22-11-13-26-51(42)57/h1-34H. The van der Waals surface area contributed by atoms with Gasteiger partial charge in [0.25, 0.3) is 0 Å². The second kappa shape index (κ2) is 13.6. The maximum absolute atomic E-state index is 5.32. The average Bonchev–Trinajstić information content (AvgIpc) is 3.63. The summed E-state index contributed by atoms with van der Waals surface area (Å²) in [5.41, 5.74) is 13.5. The van der Waals surface area contributed by atoms with E-state index in [9.17, 15) is 0 Å². The Hall–Kier alpha value is -7.69. The molecule has 57 heavy (non-hydrogen) atoms. The van der Waals surface area contributed by atoms with Gasteiger partial charge in [-0.1, -0.05) is 164 Å². The van der Waals surface area contributed by atoms with Crippen molar-refractivity contribution in [2.45, 2.75) is 0 Å². The smallest absolute Gasteiger partial charge is 0.161 e. The summed E-state index contributed by atoms with van der Waals surface area (Å²) in [5, 5.41) is 5.80. The van der Waals surface area contributed by atoms with Crippen molar-refractivity contribution in [1.29, 1.82) is 0 Å². The summed E-state index contributed by atoms with van der Waals surface area (Å²) >= 11 is 0. The molecular formula is C53H34N4. The molecule has 11 rings (SSSR count). The molecule has 0 unspecified atom stereocenters. The molecule has 0 saturated carbocycles. The van der Waals surface area contributed by atoms with Crippen LogP contribution in [0.1, 0.15) is 0 Å². The van der Waals surface area contributed by atoms with Crippen LogP contribution in [0.4, 0.5) is 0 Å². The number of para-hydroxylation sites is 2. The first-order valence-electron chi connectivity index (χ1n) is 19.3. The maximum Gasteiger partial charge on any atom is 0.161 e. The Labute approximate surface area is 330 Å². The van der Waals surface area contributed by atoms with Gasteiger partial charge < -0.3 is 4.57 Å². The van der Waals surface area contributed by atoms with Crippen LogP contribution in [0.15, 0.2) is 206 Å². The highest BCUT2D eigenvalue weighted by Crippen LogP contribution is 2.40. The van der Waals surface area contributed by atoms with Crippen LogP contribution in [0, 0.1) is 0 Å². The van der Waals surface area contributed by atoms with Crippen LogP contribution in [-0.4, -0.2) is 19.5 Å². The fraction of sp³-hybridized carbons (Fsp3) is 0. The van der Waals surface area contributed by atoms with E-state index in [-0.39, 0.29) is 0 Å². The minimum atomic E-state index is 0.679. The lowest BCUT2D eigenvalue weighted by molar-refractivity contribution is 1.17. The van der Waals surface area contributed by atoms with Crippen molar-refractivity contribution in [3.8, 4) is 62.0 Å². The third-order valence-electron chi connectivity index (χ3n) is 11.0. The van der Waals surface area contributed by atoms with Crippen LogP contribution in [0.5, 0.6) is 0 Å². The predicted octanol–water partition coefficient (Wildman–Crippen LogP) is 13.6. The summed E-state index contributed by atoms with van der Waals surface area (Å²) in [7, 11) is 0. The zero-order chi connectivity index (χ0) is 37.7. The topological polar surface area (TPSA) is 43.6 Å². The van der Waals surface area contributed by atoms with Crippen LogP contribution in [0.3, 0.4) is 0 Å². The predicted molar refractivity (Wildman–Crippen MR) is 236 cm³/mol. The Bertz CT molecular complexity index is 3210. The normalized spacial score (nSPS) is 11.5. The summed E-state index contributed by atoms with van der Waals surface area (Å²) in [6, 6.07) is 72.5. The van der Waals surface area contributed by atoms with Gasteiger partial charge in [-0.3, -0.25) is 0 Å². The molecule has 266 valence electrons. The average molecular weight is 727 g/mol. The Kier molecular flexibility index (Phi) is 7.78. The zero-order valence-electron chi connectivity index (χ0n) is 30.9. The quantitative estimate of drug-likeness (QED) is 0.160. The highest BCUT2D eigenvalue weighted by Gasteiger charge is 2.18. The van der Waals surface area contributed by atoms with Crippen LogP contribution in [0.2, 0.25) is 0 Å². The van der Waals surface area contributed by atoms with Gasteiger partial charge in [0.05, 0.1) is 33.6 Å². The molecule has 0 amide bonds. The molecular weight excluding hydrogens is 693 g/mol. The van der Waals surface area contributed by atoms with Gasteiger partial charge in [-0.2, -0.15) is 0 Å². The molecule has 0 radical (unpaired) electrons. The molecule has 0 N–H and O–H groups in total. The molecule has 0 bridgehead atoms. The van der Waals surface area contributed by atoms with Crippen molar-refractivity contribution in [2.24, 2.45) is 0 Å². The molecule has 0 saturated heterocycles. The van der Waals surface area contributed by atoms with Gasteiger partial charge >= 0.3 is 0 Å². The summed E-state index contributed by atoms with van der Waals surface area (Å²) < 4.78 is 2.34. The molecule has 4 heteroatoms. The Morgan fingerprint density at radius 1 is 0.316 bits per heavy atom. The number of pyridine rings is 1. The molecule has 11 aromatic rings. The first-order chi connectivity index (χ1) is 28.3. The minimum absolute atomic E-state index is 0.679. The Balaban J connectivity index is 1.09. The Morgan fingerprint density at radius 3 is 1.44 bits per heavy atom.